The predicted molar refractivity (Wildman–Crippen MR) is 90.6 cm³/mol. The van der Waals surface area contributed by atoms with Crippen LogP contribution in [0.4, 0.5) is 4.79 Å². The molecule has 0 radical (unpaired) electrons. The van der Waals surface area contributed by atoms with Crippen LogP contribution in [0.1, 0.15) is 26.7 Å². The van der Waals surface area contributed by atoms with Crippen LogP contribution in [0.3, 0.4) is 0 Å². The van der Waals surface area contributed by atoms with Crippen molar-refractivity contribution in [3.8, 4) is 0 Å². The van der Waals surface area contributed by atoms with Crippen LogP contribution in [0.15, 0.2) is 0 Å². The number of carbonyl (C=O) groups excluding carboxylic acids is 1. The van der Waals surface area contributed by atoms with Gasteiger partial charge in [-0.3, -0.25) is 14.7 Å². The van der Waals surface area contributed by atoms with E-state index in [1.807, 2.05) is 13.8 Å². The number of amides is 2. The Morgan fingerprint density at radius 2 is 2.00 bits per heavy atom. The number of piperidine rings is 1. The molecule has 0 aromatic heterocycles. The van der Waals surface area contributed by atoms with Crippen molar-refractivity contribution >= 4 is 32.5 Å². The fourth-order valence-electron chi connectivity index (χ4n) is 3.03. The second-order valence-electron chi connectivity index (χ2n) is 6.71. The van der Waals surface area contributed by atoms with Crippen LogP contribution < -0.4 is 4.72 Å². The third-order valence-corrected chi connectivity index (χ3v) is 5.90. The number of rotatable bonds is 7. The van der Waals surface area contributed by atoms with Crippen molar-refractivity contribution in [1.82, 2.24) is 19.0 Å². The molecular formula is C12H23N5O7S2. The summed E-state index contributed by atoms with van der Waals surface area (Å²) in [6.07, 6.45) is 0.533. The number of amidine groups is 1. The molecule has 12 nitrogen and oxygen atoms in total. The molecule has 2 bridgehead atoms. The molecule has 2 heterocycles. The van der Waals surface area contributed by atoms with Gasteiger partial charge in [0.25, 0.3) is 0 Å². The molecule has 2 atom stereocenters. The first kappa shape index (κ1) is 20.8. The molecule has 150 valence electrons. The van der Waals surface area contributed by atoms with Gasteiger partial charge >= 0.3 is 26.6 Å². The van der Waals surface area contributed by atoms with Gasteiger partial charge in [0.2, 0.25) is 0 Å². The van der Waals surface area contributed by atoms with Crippen LogP contribution in [0.2, 0.25) is 0 Å². The van der Waals surface area contributed by atoms with Crippen molar-refractivity contribution in [3.63, 3.8) is 0 Å². The minimum Gasteiger partial charge on any atom is -0.310 e. The first-order valence-corrected chi connectivity index (χ1v) is 10.7. The zero-order valence-electron chi connectivity index (χ0n) is 14.6. The molecule has 2 aliphatic heterocycles. The summed E-state index contributed by atoms with van der Waals surface area (Å²) >= 11 is 0. The summed E-state index contributed by atoms with van der Waals surface area (Å²) in [4.78, 5) is 13.4. The Balaban J connectivity index is 2.09. The van der Waals surface area contributed by atoms with E-state index in [9.17, 15) is 21.6 Å². The topological polar surface area (TPSA) is 160 Å². The van der Waals surface area contributed by atoms with Gasteiger partial charge < -0.3 is 4.90 Å². The second kappa shape index (κ2) is 7.26. The fraction of sp³-hybridized carbons (Fsp3) is 0.833. The quantitative estimate of drug-likeness (QED) is 0.285. The standard InChI is InChI=1S/C12H23N5O7S2/c1-8(2)6-15(3)25(19,20)14-11(13)10-5-4-9-7-16(10)12(18)17(9)24-26(21,22)23/h8-10H,4-7H2,1-3H3,(H2,13,14)(H,21,22,23)/t9-,10+/m1/s1. The van der Waals surface area contributed by atoms with Crippen LogP contribution in [-0.4, -0.2) is 79.7 Å². The van der Waals surface area contributed by atoms with Gasteiger partial charge in [-0.25, -0.2) is 4.79 Å². The number of fused-ring (bicyclic) bond motifs is 2. The van der Waals surface area contributed by atoms with Gasteiger partial charge in [-0.05, 0) is 18.8 Å². The SMILES string of the molecule is CC(C)CN(C)S(=O)(=O)NC(=N)[C@@H]1CC[C@@H]2CN1C(=O)N2OS(=O)(=O)O. The average molecular weight is 413 g/mol. The maximum absolute atomic E-state index is 12.3. The molecule has 0 aromatic carbocycles. The largest absolute Gasteiger partial charge is 0.418 e. The first-order chi connectivity index (χ1) is 11.8. The molecule has 26 heavy (non-hydrogen) atoms. The number of hydrogen-bond donors (Lipinski definition) is 3. The Morgan fingerprint density at radius 1 is 1.38 bits per heavy atom. The average Bonchev–Trinajstić information content (AvgIpc) is 2.69. The van der Waals surface area contributed by atoms with Crippen LogP contribution >= 0.6 is 0 Å². The van der Waals surface area contributed by atoms with E-state index < -0.39 is 38.7 Å². The van der Waals surface area contributed by atoms with E-state index in [-0.39, 0.29) is 37.7 Å². The lowest BCUT2D eigenvalue weighted by atomic mass is 10.0. The summed E-state index contributed by atoms with van der Waals surface area (Å²) in [5, 5.41) is 8.61. The minimum absolute atomic E-state index is 0.0605. The Hall–Kier alpha value is -1.48. The summed E-state index contributed by atoms with van der Waals surface area (Å²) in [6.45, 7) is 4.02. The highest BCUT2D eigenvalue weighted by molar-refractivity contribution is 7.87. The molecule has 2 aliphatic rings. The Kier molecular flexibility index (Phi) is 5.82. The molecular weight excluding hydrogens is 390 g/mol. The number of nitrogens with one attached hydrogen (secondary N) is 2. The summed E-state index contributed by atoms with van der Waals surface area (Å²) < 4.78 is 62.6. The molecule has 0 aromatic rings. The van der Waals surface area contributed by atoms with Gasteiger partial charge in [-0.15, -0.1) is 4.28 Å². The minimum atomic E-state index is -4.86. The van der Waals surface area contributed by atoms with Crippen LogP contribution in [0.25, 0.3) is 0 Å². The number of urea groups is 1. The summed E-state index contributed by atoms with van der Waals surface area (Å²) in [6, 6.07) is -2.32. The fourth-order valence-corrected chi connectivity index (χ4v) is 4.48. The zero-order valence-corrected chi connectivity index (χ0v) is 16.2. The molecule has 2 rings (SSSR count). The lowest BCUT2D eigenvalue weighted by molar-refractivity contribution is -0.0316. The highest BCUT2D eigenvalue weighted by Crippen LogP contribution is 2.30. The summed E-state index contributed by atoms with van der Waals surface area (Å²) in [5.74, 6) is -0.298. The molecule has 3 N–H and O–H groups in total. The molecule has 0 saturated carbocycles. The van der Waals surface area contributed by atoms with E-state index in [2.05, 4.69) is 9.01 Å². The van der Waals surface area contributed by atoms with Crippen molar-refractivity contribution in [1.29, 1.82) is 5.41 Å². The normalized spacial score (nSPS) is 23.8. The number of hydrogen-bond acceptors (Lipinski definition) is 7. The van der Waals surface area contributed by atoms with Gasteiger partial charge in [0.1, 0.15) is 5.84 Å². The summed E-state index contributed by atoms with van der Waals surface area (Å²) in [5.41, 5.74) is 0. The molecule has 0 spiro atoms. The van der Waals surface area contributed by atoms with Crippen LogP contribution in [0.5, 0.6) is 0 Å². The van der Waals surface area contributed by atoms with Gasteiger partial charge in [-0.2, -0.15) is 26.2 Å². The molecule has 14 heteroatoms. The lowest BCUT2D eigenvalue weighted by Gasteiger charge is -2.31. The summed E-state index contributed by atoms with van der Waals surface area (Å²) in [7, 11) is -7.42. The van der Waals surface area contributed by atoms with E-state index in [1.165, 1.54) is 7.05 Å². The molecule has 2 amide bonds. The molecule has 2 saturated heterocycles. The zero-order chi connectivity index (χ0) is 19.9. The second-order valence-corrected chi connectivity index (χ2v) is 9.49. The Labute approximate surface area is 152 Å². The number of carbonyl (C=O) groups is 1. The monoisotopic (exact) mass is 413 g/mol. The van der Waals surface area contributed by atoms with Gasteiger partial charge in [0, 0.05) is 20.1 Å². The number of nitrogens with zero attached hydrogens (tertiary/aromatic N) is 3. The van der Waals surface area contributed by atoms with Gasteiger partial charge in [-0.1, -0.05) is 13.8 Å². The Bertz CT molecular complexity index is 782. The van der Waals surface area contributed by atoms with Crippen molar-refractivity contribution < 1.29 is 30.5 Å². The third kappa shape index (κ3) is 4.62. The highest BCUT2D eigenvalue weighted by atomic mass is 32.3. The smallest absolute Gasteiger partial charge is 0.310 e. The van der Waals surface area contributed by atoms with Gasteiger partial charge in [0.05, 0.1) is 12.1 Å². The molecule has 0 unspecified atom stereocenters. The molecule has 0 aliphatic carbocycles. The Morgan fingerprint density at radius 3 is 2.54 bits per heavy atom. The van der Waals surface area contributed by atoms with Crippen LogP contribution in [0, 0.1) is 11.3 Å². The van der Waals surface area contributed by atoms with Crippen molar-refractivity contribution in [3.05, 3.63) is 0 Å². The van der Waals surface area contributed by atoms with E-state index in [0.717, 1.165) is 9.21 Å². The highest BCUT2D eigenvalue weighted by Gasteiger charge is 2.48. The number of hydroxylamine groups is 2. The van der Waals surface area contributed by atoms with E-state index >= 15 is 0 Å². The first-order valence-electron chi connectivity index (χ1n) is 7.91. The van der Waals surface area contributed by atoms with Crippen LogP contribution in [-0.2, 0) is 24.9 Å². The van der Waals surface area contributed by atoms with E-state index in [1.54, 1.807) is 0 Å². The van der Waals surface area contributed by atoms with Crippen molar-refractivity contribution in [2.45, 2.75) is 38.8 Å². The maximum atomic E-state index is 12.3. The third-order valence-electron chi connectivity index (χ3n) is 4.10. The van der Waals surface area contributed by atoms with E-state index in [0.29, 0.717) is 5.06 Å². The van der Waals surface area contributed by atoms with Gasteiger partial charge in [0.15, 0.2) is 0 Å². The molecule has 2 fully saturated rings. The van der Waals surface area contributed by atoms with Crippen molar-refractivity contribution in [2.24, 2.45) is 5.92 Å². The maximum Gasteiger partial charge on any atom is 0.418 e. The lowest BCUT2D eigenvalue weighted by Crippen LogP contribution is -2.53. The van der Waals surface area contributed by atoms with Crippen molar-refractivity contribution in [2.75, 3.05) is 20.1 Å². The predicted octanol–water partition coefficient (Wildman–Crippen LogP) is -0.611. The van der Waals surface area contributed by atoms with E-state index in [4.69, 9.17) is 9.96 Å².